The Morgan fingerprint density at radius 2 is 2.35 bits per heavy atom. The highest BCUT2D eigenvalue weighted by Crippen LogP contribution is 2.11. The number of aromatic nitrogens is 2. The number of amides is 1. The molecule has 0 saturated carbocycles. The lowest BCUT2D eigenvalue weighted by Gasteiger charge is -2.15. The average Bonchev–Trinajstić information content (AvgIpc) is 2.72. The van der Waals surface area contributed by atoms with E-state index in [0.717, 1.165) is 19.3 Å². The Hall–Kier alpha value is -1.03. The molecule has 0 spiro atoms. The molecule has 96 valence electrons. The number of hydrogen-bond donors (Lipinski definition) is 1. The van der Waals surface area contributed by atoms with Gasteiger partial charge in [0.2, 0.25) is 0 Å². The van der Waals surface area contributed by atoms with Crippen LogP contribution in [0.2, 0.25) is 0 Å². The summed E-state index contributed by atoms with van der Waals surface area (Å²) in [6.07, 6.45) is 4.78. The van der Waals surface area contributed by atoms with Crippen molar-refractivity contribution in [2.24, 2.45) is 13.0 Å². The molecule has 1 N–H and O–H groups in total. The SMILES string of the molecule is CCCC(CCCl)CNC(=O)c1ccnn1C. The Bertz CT molecular complexity index is 345. The molecule has 4 nitrogen and oxygen atoms in total. The van der Waals surface area contributed by atoms with E-state index in [-0.39, 0.29) is 5.91 Å². The highest BCUT2D eigenvalue weighted by Gasteiger charge is 2.12. The summed E-state index contributed by atoms with van der Waals surface area (Å²) in [6.45, 7) is 2.83. The molecule has 1 aromatic heterocycles. The maximum absolute atomic E-state index is 11.8. The zero-order valence-electron chi connectivity index (χ0n) is 10.4. The largest absolute Gasteiger partial charge is 0.350 e. The molecule has 1 rings (SSSR count). The van der Waals surface area contributed by atoms with E-state index in [1.54, 1.807) is 24.0 Å². The average molecular weight is 258 g/mol. The summed E-state index contributed by atoms with van der Waals surface area (Å²) in [4.78, 5) is 11.8. The fourth-order valence-corrected chi connectivity index (χ4v) is 2.14. The van der Waals surface area contributed by atoms with E-state index in [1.165, 1.54) is 0 Å². The van der Waals surface area contributed by atoms with Gasteiger partial charge in [0, 0.05) is 25.7 Å². The van der Waals surface area contributed by atoms with E-state index < -0.39 is 0 Å². The number of halogens is 1. The molecule has 0 saturated heterocycles. The van der Waals surface area contributed by atoms with Crippen LogP contribution in [0, 0.1) is 5.92 Å². The van der Waals surface area contributed by atoms with Gasteiger partial charge in [0.1, 0.15) is 5.69 Å². The van der Waals surface area contributed by atoms with Crippen molar-refractivity contribution < 1.29 is 4.79 Å². The predicted molar refractivity (Wildman–Crippen MR) is 69.3 cm³/mol. The van der Waals surface area contributed by atoms with Gasteiger partial charge in [0.25, 0.3) is 5.91 Å². The highest BCUT2D eigenvalue weighted by atomic mass is 35.5. The standard InChI is InChI=1S/C12H20ClN3O/c1-3-4-10(5-7-13)9-14-12(17)11-6-8-15-16(11)2/h6,8,10H,3-5,7,9H2,1-2H3,(H,14,17). The molecule has 1 heterocycles. The molecule has 1 unspecified atom stereocenters. The third-order valence-electron chi connectivity index (χ3n) is 2.82. The number of nitrogens with zero attached hydrogens (tertiary/aromatic N) is 2. The van der Waals surface area contributed by atoms with Gasteiger partial charge in [-0.15, -0.1) is 11.6 Å². The molecule has 0 aromatic carbocycles. The molecule has 0 bridgehead atoms. The van der Waals surface area contributed by atoms with Gasteiger partial charge in [0.15, 0.2) is 0 Å². The van der Waals surface area contributed by atoms with Gasteiger partial charge in [-0.2, -0.15) is 5.10 Å². The number of carbonyl (C=O) groups is 1. The highest BCUT2D eigenvalue weighted by molar-refractivity contribution is 6.17. The molecule has 0 radical (unpaired) electrons. The van der Waals surface area contributed by atoms with Crippen LogP contribution in [-0.2, 0) is 7.05 Å². The van der Waals surface area contributed by atoms with Crippen LogP contribution in [-0.4, -0.2) is 28.1 Å². The topological polar surface area (TPSA) is 46.9 Å². The van der Waals surface area contributed by atoms with Crippen LogP contribution in [0.5, 0.6) is 0 Å². The van der Waals surface area contributed by atoms with E-state index in [2.05, 4.69) is 17.3 Å². The lowest BCUT2D eigenvalue weighted by molar-refractivity contribution is 0.0936. The quantitative estimate of drug-likeness (QED) is 0.762. The summed E-state index contributed by atoms with van der Waals surface area (Å²) >= 11 is 5.75. The fraction of sp³-hybridized carbons (Fsp3) is 0.667. The van der Waals surface area contributed by atoms with Crippen molar-refractivity contribution in [1.29, 1.82) is 0 Å². The van der Waals surface area contributed by atoms with Crippen molar-refractivity contribution in [3.05, 3.63) is 18.0 Å². The zero-order chi connectivity index (χ0) is 12.7. The molecular weight excluding hydrogens is 238 g/mol. The molecule has 1 amide bonds. The molecule has 1 atom stereocenters. The molecule has 0 aliphatic heterocycles. The minimum atomic E-state index is -0.0688. The molecule has 17 heavy (non-hydrogen) atoms. The number of rotatable bonds is 7. The predicted octanol–water partition coefficient (Wildman–Crippen LogP) is 2.20. The normalized spacial score (nSPS) is 12.4. The summed E-state index contributed by atoms with van der Waals surface area (Å²) in [5, 5.41) is 6.91. The lowest BCUT2D eigenvalue weighted by Crippen LogP contribution is -2.30. The molecule has 0 aliphatic carbocycles. The Morgan fingerprint density at radius 1 is 1.59 bits per heavy atom. The van der Waals surface area contributed by atoms with Gasteiger partial charge >= 0.3 is 0 Å². The first-order chi connectivity index (χ1) is 8.19. The minimum Gasteiger partial charge on any atom is -0.350 e. The maximum Gasteiger partial charge on any atom is 0.269 e. The first-order valence-corrected chi connectivity index (χ1v) is 6.54. The monoisotopic (exact) mass is 257 g/mol. The number of nitrogens with one attached hydrogen (secondary N) is 1. The Labute approximate surface area is 107 Å². The van der Waals surface area contributed by atoms with E-state index in [1.807, 2.05) is 0 Å². The van der Waals surface area contributed by atoms with Crippen LogP contribution in [0.4, 0.5) is 0 Å². The second-order valence-electron chi connectivity index (χ2n) is 4.18. The summed E-state index contributed by atoms with van der Waals surface area (Å²) in [6, 6.07) is 1.71. The minimum absolute atomic E-state index is 0.0688. The Kier molecular flexibility index (Phi) is 6.05. The van der Waals surface area contributed by atoms with Crippen LogP contribution in [0.25, 0.3) is 0 Å². The van der Waals surface area contributed by atoms with Crippen molar-refractivity contribution in [3.8, 4) is 0 Å². The van der Waals surface area contributed by atoms with Gasteiger partial charge in [-0.1, -0.05) is 13.3 Å². The fourth-order valence-electron chi connectivity index (χ4n) is 1.84. The Morgan fingerprint density at radius 3 is 2.88 bits per heavy atom. The van der Waals surface area contributed by atoms with E-state index in [0.29, 0.717) is 24.0 Å². The second-order valence-corrected chi connectivity index (χ2v) is 4.56. The third kappa shape index (κ3) is 4.38. The van der Waals surface area contributed by atoms with E-state index >= 15 is 0 Å². The smallest absolute Gasteiger partial charge is 0.269 e. The summed E-state index contributed by atoms with van der Waals surface area (Å²) in [5.41, 5.74) is 0.589. The second kappa shape index (κ2) is 7.33. The van der Waals surface area contributed by atoms with Gasteiger partial charge in [-0.3, -0.25) is 9.48 Å². The lowest BCUT2D eigenvalue weighted by atomic mass is 10.0. The first-order valence-electron chi connectivity index (χ1n) is 6.01. The number of aryl methyl sites for hydroxylation is 1. The van der Waals surface area contributed by atoms with E-state index in [4.69, 9.17) is 11.6 Å². The van der Waals surface area contributed by atoms with Crippen LogP contribution in [0.15, 0.2) is 12.3 Å². The summed E-state index contributed by atoms with van der Waals surface area (Å²) in [7, 11) is 1.76. The zero-order valence-corrected chi connectivity index (χ0v) is 11.2. The number of carbonyl (C=O) groups excluding carboxylic acids is 1. The molecule has 0 fully saturated rings. The van der Waals surface area contributed by atoms with Crippen molar-refractivity contribution in [2.45, 2.75) is 26.2 Å². The van der Waals surface area contributed by atoms with E-state index in [9.17, 15) is 4.79 Å². The van der Waals surface area contributed by atoms with Crippen molar-refractivity contribution in [2.75, 3.05) is 12.4 Å². The first kappa shape index (κ1) is 14.0. The van der Waals surface area contributed by atoms with Crippen LogP contribution in [0.3, 0.4) is 0 Å². The van der Waals surface area contributed by atoms with Gasteiger partial charge < -0.3 is 5.32 Å². The van der Waals surface area contributed by atoms with Gasteiger partial charge in [-0.25, -0.2) is 0 Å². The van der Waals surface area contributed by atoms with Crippen molar-refractivity contribution in [3.63, 3.8) is 0 Å². The molecule has 5 heteroatoms. The third-order valence-corrected chi connectivity index (χ3v) is 3.04. The van der Waals surface area contributed by atoms with Crippen LogP contribution in [0.1, 0.15) is 36.7 Å². The molecular formula is C12H20ClN3O. The molecule has 1 aromatic rings. The van der Waals surface area contributed by atoms with Gasteiger partial charge in [-0.05, 0) is 24.8 Å². The van der Waals surface area contributed by atoms with Crippen LogP contribution < -0.4 is 5.32 Å². The van der Waals surface area contributed by atoms with Crippen molar-refractivity contribution >= 4 is 17.5 Å². The van der Waals surface area contributed by atoms with Crippen LogP contribution >= 0.6 is 11.6 Å². The van der Waals surface area contributed by atoms with Crippen molar-refractivity contribution in [1.82, 2.24) is 15.1 Å². The number of alkyl halides is 1. The van der Waals surface area contributed by atoms with Gasteiger partial charge in [0.05, 0.1) is 0 Å². The maximum atomic E-state index is 11.8. The Balaban J connectivity index is 2.43. The summed E-state index contributed by atoms with van der Waals surface area (Å²) < 4.78 is 1.58. The number of hydrogen-bond acceptors (Lipinski definition) is 2. The summed E-state index contributed by atoms with van der Waals surface area (Å²) in [5.74, 6) is 1.04. The molecule has 0 aliphatic rings.